The molecule has 1 fully saturated rings. The molecule has 8 heteroatoms. The van der Waals surface area contributed by atoms with Crippen molar-refractivity contribution in [3.8, 4) is 24.3 Å². The molecule has 2 aromatic heterocycles. The molecule has 1 aliphatic heterocycles. The van der Waals surface area contributed by atoms with E-state index in [1.807, 2.05) is 6.07 Å². The van der Waals surface area contributed by atoms with Gasteiger partial charge in [-0.15, -0.1) is 6.42 Å². The summed E-state index contributed by atoms with van der Waals surface area (Å²) in [4.78, 5) is 19.3. The van der Waals surface area contributed by atoms with E-state index in [4.69, 9.17) is 16.4 Å². The number of aromatic nitrogens is 4. The molecular formula is C17H16N6OS. The molecule has 3 heterocycles. The summed E-state index contributed by atoms with van der Waals surface area (Å²) in [5.41, 5.74) is 0.716. The van der Waals surface area contributed by atoms with E-state index in [9.17, 15) is 0 Å². The van der Waals surface area contributed by atoms with Gasteiger partial charge < -0.3 is 9.64 Å². The summed E-state index contributed by atoms with van der Waals surface area (Å²) in [6.45, 7) is 1.83. The van der Waals surface area contributed by atoms with Gasteiger partial charge in [0.15, 0.2) is 5.82 Å². The van der Waals surface area contributed by atoms with E-state index in [0.29, 0.717) is 27.4 Å². The van der Waals surface area contributed by atoms with Crippen LogP contribution in [-0.2, 0) is 0 Å². The average molecular weight is 352 g/mol. The third-order valence-electron chi connectivity index (χ3n) is 3.76. The van der Waals surface area contributed by atoms with Crippen LogP contribution in [0.15, 0.2) is 22.4 Å². The van der Waals surface area contributed by atoms with Crippen molar-refractivity contribution < 1.29 is 4.74 Å². The Morgan fingerprint density at radius 1 is 1.24 bits per heavy atom. The number of methoxy groups -OCH3 is 1. The van der Waals surface area contributed by atoms with Crippen LogP contribution in [0.25, 0.3) is 0 Å². The second kappa shape index (κ2) is 7.82. The Morgan fingerprint density at radius 2 is 2.04 bits per heavy atom. The van der Waals surface area contributed by atoms with E-state index in [-0.39, 0.29) is 5.69 Å². The summed E-state index contributed by atoms with van der Waals surface area (Å²) in [6, 6.07) is 3.57. The van der Waals surface area contributed by atoms with Crippen LogP contribution in [0.3, 0.4) is 0 Å². The minimum atomic E-state index is 0.282. The van der Waals surface area contributed by atoms with E-state index < -0.39 is 0 Å². The summed E-state index contributed by atoms with van der Waals surface area (Å²) < 4.78 is 5.44. The van der Waals surface area contributed by atoms with Crippen molar-refractivity contribution in [3.63, 3.8) is 0 Å². The Bertz CT molecular complexity index is 851. The molecule has 0 radical (unpaired) electrons. The van der Waals surface area contributed by atoms with Crippen molar-refractivity contribution in [1.82, 2.24) is 19.9 Å². The number of anilines is 1. The molecule has 0 saturated carbocycles. The first-order chi connectivity index (χ1) is 12.2. The van der Waals surface area contributed by atoms with Gasteiger partial charge in [-0.1, -0.05) is 0 Å². The van der Waals surface area contributed by atoms with Gasteiger partial charge in [-0.25, -0.2) is 19.9 Å². The van der Waals surface area contributed by atoms with Crippen LogP contribution in [0.1, 0.15) is 30.7 Å². The predicted octanol–water partition coefficient (Wildman–Crippen LogP) is 2.27. The molecule has 126 valence electrons. The Kier molecular flexibility index (Phi) is 5.32. The van der Waals surface area contributed by atoms with Gasteiger partial charge in [0, 0.05) is 19.2 Å². The van der Waals surface area contributed by atoms with Crippen LogP contribution >= 0.6 is 11.8 Å². The lowest BCUT2D eigenvalue weighted by Gasteiger charge is -2.28. The Labute approximate surface area is 150 Å². The van der Waals surface area contributed by atoms with Crippen LogP contribution in [0.5, 0.6) is 5.88 Å². The van der Waals surface area contributed by atoms with Gasteiger partial charge in [-0.3, -0.25) is 0 Å². The maximum atomic E-state index is 8.96. The standard InChI is InChI=1S/C17H16N6OS/c1-3-13-17(25-14-9-12(10-18)19-11-20-14)22-16(24-2)15(21-13)23-7-5-4-6-8-23/h1,9,11H,4-8H2,2H3. The largest absolute Gasteiger partial charge is 0.478 e. The number of rotatable bonds is 4. The summed E-state index contributed by atoms with van der Waals surface area (Å²) in [7, 11) is 1.57. The van der Waals surface area contributed by atoms with Crippen molar-refractivity contribution >= 4 is 17.6 Å². The Morgan fingerprint density at radius 3 is 2.72 bits per heavy atom. The van der Waals surface area contributed by atoms with Crippen molar-refractivity contribution in [1.29, 1.82) is 5.26 Å². The molecule has 0 N–H and O–H groups in total. The van der Waals surface area contributed by atoms with Gasteiger partial charge in [-0.2, -0.15) is 5.26 Å². The van der Waals surface area contributed by atoms with Gasteiger partial charge >= 0.3 is 0 Å². The third-order valence-corrected chi connectivity index (χ3v) is 4.67. The van der Waals surface area contributed by atoms with E-state index >= 15 is 0 Å². The summed E-state index contributed by atoms with van der Waals surface area (Å²) in [5.74, 6) is 3.71. The molecule has 3 rings (SSSR count). The summed E-state index contributed by atoms with van der Waals surface area (Å²) >= 11 is 1.24. The smallest absolute Gasteiger partial charge is 0.258 e. The van der Waals surface area contributed by atoms with E-state index in [1.54, 1.807) is 13.2 Å². The van der Waals surface area contributed by atoms with Gasteiger partial charge in [0.05, 0.1) is 7.11 Å². The average Bonchev–Trinajstić information content (AvgIpc) is 2.68. The molecule has 0 aromatic carbocycles. The molecule has 0 spiro atoms. The normalized spacial score (nSPS) is 13.8. The minimum Gasteiger partial charge on any atom is -0.478 e. The number of hydrogen-bond donors (Lipinski definition) is 0. The van der Waals surface area contributed by atoms with E-state index in [2.05, 4.69) is 30.8 Å². The highest BCUT2D eigenvalue weighted by Crippen LogP contribution is 2.33. The number of hydrogen-bond acceptors (Lipinski definition) is 8. The van der Waals surface area contributed by atoms with Crippen LogP contribution in [0, 0.1) is 23.7 Å². The lowest BCUT2D eigenvalue weighted by Crippen LogP contribution is -2.31. The molecule has 0 amide bonds. The first-order valence-corrected chi connectivity index (χ1v) is 8.64. The first-order valence-electron chi connectivity index (χ1n) is 7.82. The highest BCUT2D eigenvalue weighted by atomic mass is 32.2. The topological polar surface area (TPSA) is 87.8 Å². The highest BCUT2D eigenvalue weighted by molar-refractivity contribution is 7.99. The molecule has 1 aliphatic rings. The Hall–Kier alpha value is -2.84. The summed E-state index contributed by atoms with van der Waals surface area (Å²) in [5, 5.41) is 10.0. The predicted molar refractivity (Wildman–Crippen MR) is 93.5 cm³/mol. The number of nitriles is 1. The van der Waals surface area contributed by atoms with Crippen LogP contribution in [0.2, 0.25) is 0 Å². The quantitative estimate of drug-likeness (QED) is 0.612. The molecule has 0 aliphatic carbocycles. The fourth-order valence-corrected chi connectivity index (χ4v) is 3.36. The molecule has 0 atom stereocenters. The molecule has 7 nitrogen and oxygen atoms in total. The molecule has 2 aromatic rings. The number of ether oxygens (including phenoxy) is 1. The molecule has 25 heavy (non-hydrogen) atoms. The lowest BCUT2D eigenvalue weighted by atomic mass is 10.1. The number of nitrogens with zero attached hydrogens (tertiary/aromatic N) is 6. The van der Waals surface area contributed by atoms with Gasteiger partial charge in [0.1, 0.15) is 33.8 Å². The van der Waals surface area contributed by atoms with Crippen molar-refractivity contribution in [2.75, 3.05) is 25.1 Å². The van der Waals surface area contributed by atoms with Crippen molar-refractivity contribution in [2.24, 2.45) is 0 Å². The molecular weight excluding hydrogens is 336 g/mol. The SMILES string of the molecule is C#Cc1nc(N2CCCCC2)c(OC)nc1Sc1cc(C#N)ncn1. The zero-order chi connectivity index (χ0) is 17.6. The zero-order valence-electron chi connectivity index (χ0n) is 13.8. The molecule has 0 bridgehead atoms. The molecule has 1 saturated heterocycles. The summed E-state index contributed by atoms with van der Waals surface area (Å²) in [6.07, 6.45) is 10.4. The van der Waals surface area contributed by atoms with Gasteiger partial charge in [0.25, 0.3) is 5.88 Å². The monoisotopic (exact) mass is 352 g/mol. The maximum Gasteiger partial charge on any atom is 0.258 e. The minimum absolute atomic E-state index is 0.282. The fourth-order valence-electron chi connectivity index (χ4n) is 2.57. The van der Waals surface area contributed by atoms with Crippen molar-refractivity contribution in [2.45, 2.75) is 29.3 Å². The van der Waals surface area contributed by atoms with Gasteiger partial charge in [0.2, 0.25) is 0 Å². The van der Waals surface area contributed by atoms with Crippen molar-refractivity contribution in [3.05, 3.63) is 23.8 Å². The highest BCUT2D eigenvalue weighted by Gasteiger charge is 2.21. The number of piperidine rings is 1. The van der Waals surface area contributed by atoms with E-state index in [1.165, 1.54) is 24.5 Å². The van der Waals surface area contributed by atoms with Crippen LogP contribution < -0.4 is 9.64 Å². The van der Waals surface area contributed by atoms with Crippen LogP contribution in [-0.4, -0.2) is 40.1 Å². The molecule has 0 unspecified atom stereocenters. The van der Waals surface area contributed by atoms with E-state index in [0.717, 1.165) is 25.9 Å². The number of terminal acetylenes is 1. The third kappa shape index (κ3) is 3.81. The second-order valence-corrected chi connectivity index (χ2v) is 6.37. The van der Waals surface area contributed by atoms with Crippen LogP contribution in [0.4, 0.5) is 5.82 Å². The first kappa shape index (κ1) is 17.0. The lowest BCUT2D eigenvalue weighted by molar-refractivity contribution is 0.389. The fraction of sp³-hybridized carbons (Fsp3) is 0.353. The Balaban J connectivity index is 1.96. The van der Waals surface area contributed by atoms with Gasteiger partial charge in [-0.05, 0) is 36.9 Å². The second-order valence-electron chi connectivity index (χ2n) is 5.36. The zero-order valence-corrected chi connectivity index (χ0v) is 14.6. The maximum absolute atomic E-state index is 8.96.